The van der Waals surface area contributed by atoms with E-state index in [1.54, 1.807) is 48.6 Å². The Balaban J connectivity index is 1.49. The summed E-state index contributed by atoms with van der Waals surface area (Å²) in [5, 5.41) is 24.4. The lowest BCUT2D eigenvalue weighted by Crippen LogP contribution is -2.23. The smallest absolute Gasteiger partial charge is 0.243 e. The van der Waals surface area contributed by atoms with Crippen molar-refractivity contribution in [2.45, 2.75) is 25.7 Å². The minimum atomic E-state index is -0.163. The second-order valence-electron chi connectivity index (χ2n) is 6.85. The maximum Gasteiger partial charge on any atom is 0.243 e. The Morgan fingerprint density at radius 2 is 1.13 bits per heavy atom. The predicted octanol–water partition coefficient (Wildman–Crippen LogP) is 3.62. The molecular weight excluding hydrogens is 380 g/mol. The molecule has 0 fully saturated rings. The molecule has 6 nitrogen and oxygen atoms in total. The number of aromatic hydroxyl groups is 2. The number of hydrogen-bond acceptors (Lipinski definition) is 4. The lowest BCUT2D eigenvalue weighted by Gasteiger charge is -2.04. The fraction of sp³-hybridized carbons (Fsp3) is 0.250. The lowest BCUT2D eigenvalue weighted by atomic mass is 10.2. The van der Waals surface area contributed by atoms with Crippen molar-refractivity contribution in [3.8, 4) is 11.5 Å². The summed E-state index contributed by atoms with van der Waals surface area (Å²) in [5.41, 5.74) is 1.54. The molecule has 0 aromatic heterocycles. The van der Waals surface area contributed by atoms with Crippen molar-refractivity contribution in [1.29, 1.82) is 0 Å². The molecule has 0 saturated carbocycles. The summed E-state index contributed by atoms with van der Waals surface area (Å²) in [6, 6.07) is 13.4. The summed E-state index contributed by atoms with van der Waals surface area (Å²) < 4.78 is 0. The van der Waals surface area contributed by atoms with Gasteiger partial charge in [0.15, 0.2) is 0 Å². The summed E-state index contributed by atoms with van der Waals surface area (Å²) >= 11 is 0. The van der Waals surface area contributed by atoms with E-state index in [4.69, 9.17) is 0 Å². The maximum absolute atomic E-state index is 11.8. The Kier molecular flexibility index (Phi) is 9.73. The second kappa shape index (κ2) is 12.8. The fourth-order valence-corrected chi connectivity index (χ4v) is 2.75. The molecule has 0 atom stereocenters. The van der Waals surface area contributed by atoms with E-state index >= 15 is 0 Å². The minimum Gasteiger partial charge on any atom is -0.508 e. The highest BCUT2D eigenvalue weighted by atomic mass is 16.3. The summed E-state index contributed by atoms with van der Waals surface area (Å²) in [6.45, 7) is 1.20. The van der Waals surface area contributed by atoms with E-state index in [0.717, 1.165) is 36.8 Å². The van der Waals surface area contributed by atoms with E-state index < -0.39 is 0 Å². The van der Waals surface area contributed by atoms with Crippen LogP contribution in [0.4, 0.5) is 0 Å². The van der Waals surface area contributed by atoms with Crippen LogP contribution in [0.2, 0.25) is 0 Å². The zero-order valence-corrected chi connectivity index (χ0v) is 16.9. The fourth-order valence-electron chi connectivity index (χ4n) is 2.75. The normalized spacial score (nSPS) is 11.1. The van der Waals surface area contributed by atoms with Gasteiger partial charge in [0.05, 0.1) is 0 Å². The van der Waals surface area contributed by atoms with Gasteiger partial charge in [-0.25, -0.2) is 0 Å². The van der Waals surface area contributed by atoms with Crippen molar-refractivity contribution in [2.75, 3.05) is 13.1 Å². The maximum atomic E-state index is 11.8. The Bertz CT molecular complexity index is 817. The summed E-state index contributed by atoms with van der Waals surface area (Å²) in [5.74, 6) is 0.00996. The van der Waals surface area contributed by atoms with Gasteiger partial charge < -0.3 is 20.8 Å². The zero-order valence-electron chi connectivity index (χ0n) is 16.9. The van der Waals surface area contributed by atoms with Crippen molar-refractivity contribution >= 4 is 24.0 Å². The van der Waals surface area contributed by atoms with Crippen molar-refractivity contribution in [3.05, 3.63) is 71.8 Å². The quantitative estimate of drug-likeness (QED) is 0.337. The first-order valence-electron chi connectivity index (χ1n) is 10.0. The molecule has 30 heavy (non-hydrogen) atoms. The van der Waals surface area contributed by atoms with E-state index in [0.29, 0.717) is 13.1 Å². The molecule has 0 saturated heterocycles. The summed E-state index contributed by atoms with van der Waals surface area (Å²) in [4.78, 5) is 23.5. The lowest BCUT2D eigenvalue weighted by molar-refractivity contribution is -0.117. The summed E-state index contributed by atoms with van der Waals surface area (Å²) in [6.07, 6.45) is 9.90. The molecular formula is C24H28N2O4. The van der Waals surface area contributed by atoms with E-state index in [1.807, 2.05) is 12.1 Å². The molecule has 0 aliphatic carbocycles. The molecule has 0 bridgehead atoms. The standard InChI is InChI=1S/C24H28N2O4/c27-21-9-5-7-19(17-21)11-13-23(29)25-15-3-1-2-4-16-26-24(30)14-12-20-8-6-10-22(28)18-20/h5-14,17-18,27-28H,1-4,15-16H2,(H,25,29)(H,26,30)/b13-11+,14-12+. The minimum absolute atomic E-state index is 0.163. The molecule has 6 heteroatoms. The number of benzene rings is 2. The Morgan fingerprint density at radius 3 is 1.53 bits per heavy atom. The van der Waals surface area contributed by atoms with Crippen LogP contribution in [0.15, 0.2) is 60.7 Å². The first-order chi connectivity index (χ1) is 14.5. The van der Waals surface area contributed by atoms with Crippen LogP contribution < -0.4 is 10.6 Å². The van der Waals surface area contributed by atoms with Crippen molar-refractivity contribution in [1.82, 2.24) is 10.6 Å². The second-order valence-corrected chi connectivity index (χ2v) is 6.85. The van der Waals surface area contributed by atoms with Crippen LogP contribution in [0.1, 0.15) is 36.8 Å². The molecule has 2 aromatic rings. The van der Waals surface area contributed by atoms with E-state index in [2.05, 4.69) is 10.6 Å². The number of amides is 2. The first-order valence-corrected chi connectivity index (χ1v) is 10.0. The third-order valence-electron chi connectivity index (χ3n) is 4.30. The van der Waals surface area contributed by atoms with Crippen LogP contribution in [-0.4, -0.2) is 35.1 Å². The molecule has 2 aromatic carbocycles. The molecule has 0 unspecified atom stereocenters. The molecule has 4 N–H and O–H groups in total. The van der Waals surface area contributed by atoms with Crippen molar-refractivity contribution < 1.29 is 19.8 Å². The van der Waals surface area contributed by atoms with Gasteiger partial charge >= 0.3 is 0 Å². The highest BCUT2D eigenvalue weighted by Gasteiger charge is 1.98. The topological polar surface area (TPSA) is 98.7 Å². The van der Waals surface area contributed by atoms with Crippen LogP contribution in [0.5, 0.6) is 11.5 Å². The molecule has 2 rings (SSSR count). The number of carbonyl (C=O) groups excluding carboxylic acids is 2. The van der Waals surface area contributed by atoms with Gasteiger partial charge in [-0.2, -0.15) is 0 Å². The van der Waals surface area contributed by atoms with Crippen molar-refractivity contribution in [3.63, 3.8) is 0 Å². The largest absolute Gasteiger partial charge is 0.508 e. The Hall–Kier alpha value is -3.54. The van der Waals surface area contributed by atoms with Crippen LogP contribution in [-0.2, 0) is 9.59 Å². The van der Waals surface area contributed by atoms with Crippen molar-refractivity contribution in [2.24, 2.45) is 0 Å². The van der Waals surface area contributed by atoms with E-state index in [9.17, 15) is 19.8 Å². The number of carbonyl (C=O) groups is 2. The van der Waals surface area contributed by atoms with Gasteiger partial charge in [-0.1, -0.05) is 37.1 Å². The van der Waals surface area contributed by atoms with Crippen LogP contribution in [0.3, 0.4) is 0 Å². The van der Waals surface area contributed by atoms with Crippen LogP contribution >= 0.6 is 0 Å². The summed E-state index contributed by atoms with van der Waals surface area (Å²) in [7, 11) is 0. The number of phenols is 2. The number of hydrogen-bond donors (Lipinski definition) is 4. The number of rotatable bonds is 11. The molecule has 0 spiro atoms. The monoisotopic (exact) mass is 408 g/mol. The average Bonchev–Trinajstić information content (AvgIpc) is 2.73. The Morgan fingerprint density at radius 1 is 0.700 bits per heavy atom. The van der Waals surface area contributed by atoms with Gasteiger partial charge in [0.2, 0.25) is 11.8 Å². The molecule has 0 heterocycles. The highest BCUT2D eigenvalue weighted by molar-refractivity contribution is 5.92. The highest BCUT2D eigenvalue weighted by Crippen LogP contribution is 2.12. The number of nitrogens with one attached hydrogen (secondary N) is 2. The zero-order chi connectivity index (χ0) is 21.6. The average molecular weight is 408 g/mol. The number of unbranched alkanes of at least 4 members (excludes halogenated alkanes) is 3. The van der Waals surface area contributed by atoms with Gasteiger partial charge in [0.1, 0.15) is 11.5 Å². The molecule has 0 aliphatic heterocycles. The Labute approximate surface area is 176 Å². The van der Waals surface area contributed by atoms with Gasteiger partial charge in [-0.05, 0) is 60.4 Å². The van der Waals surface area contributed by atoms with Gasteiger partial charge in [0.25, 0.3) is 0 Å². The van der Waals surface area contributed by atoms with E-state index in [1.165, 1.54) is 12.2 Å². The molecule has 158 valence electrons. The van der Waals surface area contributed by atoms with Gasteiger partial charge in [-0.15, -0.1) is 0 Å². The number of phenolic OH excluding ortho intramolecular Hbond substituents is 2. The first kappa shape index (κ1) is 22.7. The van der Waals surface area contributed by atoms with Crippen LogP contribution in [0.25, 0.3) is 12.2 Å². The van der Waals surface area contributed by atoms with E-state index in [-0.39, 0.29) is 23.3 Å². The SMILES string of the molecule is O=C(/C=C/c1cccc(O)c1)NCCCCCCNC(=O)/C=C/c1cccc(O)c1. The third-order valence-corrected chi connectivity index (χ3v) is 4.30. The third kappa shape index (κ3) is 9.59. The van der Waals surface area contributed by atoms with Gasteiger partial charge in [0, 0.05) is 25.2 Å². The molecule has 0 aliphatic rings. The predicted molar refractivity (Wildman–Crippen MR) is 119 cm³/mol. The molecule has 2 amide bonds. The van der Waals surface area contributed by atoms with Gasteiger partial charge in [-0.3, -0.25) is 9.59 Å². The van der Waals surface area contributed by atoms with Crippen LogP contribution in [0, 0.1) is 0 Å². The molecule has 0 radical (unpaired) electrons.